The Balaban J connectivity index is 1.65. The summed E-state index contributed by atoms with van der Waals surface area (Å²) in [6.45, 7) is 4.38. The molecule has 0 fully saturated rings. The molecule has 0 aromatic carbocycles. The number of carbonyl (C=O) groups excluding carboxylic acids is 2. The Morgan fingerprint density at radius 1 is 1.14 bits per heavy atom. The van der Waals surface area contributed by atoms with Crippen LogP contribution in [0.2, 0.25) is 0 Å². The molecule has 2 aromatic heterocycles. The summed E-state index contributed by atoms with van der Waals surface area (Å²) in [5.41, 5.74) is 3.68. The second kappa shape index (κ2) is 8.37. The molecule has 1 atom stereocenters. The highest BCUT2D eigenvalue weighted by Gasteiger charge is 2.30. The zero-order valence-corrected chi connectivity index (χ0v) is 18.2. The first-order chi connectivity index (χ1) is 13.6. The molecule has 2 aromatic rings. The number of rotatable bonds is 5. The van der Waals surface area contributed by atoms with E-state index < -0.39 is 0 Å². The van der Waals surface area contributed by atoms with Crippen molar-refractivity contribution in [3.05, 3.63) is 37.4 Å². The second-order valence-electron chi connectivity index (χ2n) is 7.66. The maximum Gasteiger partial charge on any atom is 0.341 e. The van der Waals surface area contributed by atoms with Crippen LogP contribution in [0.3, 0.4) is 0 Å². The summed E-state index contributed by atoms with van der Waals surface area (Å²) < 4.78 is 5.33. The Bertz CT molecular complexity index is 896. The fraction of sp³-hybridized carbons (Fsp3) is 0.545. The predicted octanol–water partition coefficient (Wildman–Crippen LogP) is 5.63. The smallest absolute Gasteiger partial charge is 0.341 e. The number of ether oxygens (including phenoxy) is 1. The van der Waals surface area contributed by atoms with Crippen LogP contribution in [-0.2, 0) is 30.4 Å². The van der Waals surface area contributed by atoms with Crippen LogP contribution in [0.25, 0.3) is 0 Å². The van der Waals surface area contributed by atoms with E-state index in [0.717, 1.165) is 56.1 Å². The summed E-state index contributed by atoms with van der Waals surface area (Å²) in [5, 5.41) is 5.73. The molecular weight excluding hydrogens is 390 g/mol. The molecule has 150 valence electrons. The summed E-state index contributed by atoms with van der Waals surface area (Å²) in [6, 6.07) is 0. The Kier molecular flexibility index (Phi) is 5.88. The SMILES string of the molecule is CCOC(=O)c1c(NC(=O)c2csc3c2CCCC3)sc2c1CCC(CC)C2. The lowest BCUT2D eigenvalue weighted by Crippen LogP contribution is -2.18. The number of amides is 1. The van der Waals surface area contributed by atoms with E-state index in [0.29, 0.717) is 23.1 Å². The first-order valence-electron chi connectivity index (χ1n) is 10.3. The molecule has 2 aliphatic rings. The van der Waals surface area contributed by atoms with E-state index in [2.05, 4.69) is 12.2 Å². The van der Waals surface area contributed by atoms with E-state index in [-0.39, 0.29) is 11.9 Å². The molecule has 0 spiro atoms. The van der Waals surface area contributed by atoms with E-state index in [9.17, 15) is 9.59 Å². The molecule has 2 heterocycles. The molecule has 4 nitrogen and oxygen atoms in total. The highest BCUT2D eigenvalue weighted by atomic mass is 32.1. The number of nitrogens with one attached hydrogen (secondary N) is 1. The molecule has 4 rings (SSSR count). The Morgan fingerprint density at radius 3 is 2.75 bits per heavy atom. The van der Waals surface area contributed by atoms with Gasteiger partial charge in [0.2, 0.25) is 0 Å². The zero-order chi connectivity index (χ0) is 19.7. The fourth-order valence-corrected chi connectivity index (χ4v) is 6.84. The third kappa shape index (κ3) is 3.64. The van der Waals surface area contributed by atoms with Gasteiger partial charge in [0.05, 0.1) is 17.7 Å². The van der Waals surface area contributed by atoms with Gasteiger partial charge in [-0.05, 0) is 68.9 Å². The summed E-state index contributed by atoms with van der Waals surface area (Å²) in [6.07, 6.45) is 8.53. The number of hydrogen-bond donors (Lipinski definition) is 1. The lowest BCUT2D eigenvalue weighted by atomic mass is 9.85. The Morgan fingerprint density at radius 2 is 1.96 bits per heavy atom. The van der Waals surface area contributed by atoms with Gasteiger partial charge in [-0.25, -0.2) is 4.79 Å². The van der Waals surface area contributed by atoms with Crippen molar-refractivity contribution in [1.82, 2.24) is 0 Å². The summed E-state index contributed by atoms with van der Waals surface area (Å²) in [4.78, 5) is 28.3. The number of carbonyl (C=O) groups is 2. The molecule has 2 aliphatic carbocycles. The van der Waals surface area contributed by atoms with Crippen LogP contribution in [0.1, 0.15) is 81.1 Å². The molecule has 0 saturated carbocycles. The normalized spacial score (nSPS) is 18.3. The van der Waals surface area contributed by atoms with E-state index in [1.807, 2.05) is 12.3 Å². The number of fused-ring (bicyclic) bond motifs is 2. The highest BCUT2D eigenvalue weighted by molar-refractivity contribution is 7.17. The number of thiophene rings is 2. The van der Waals surface area contributed by atoms with Gasteiger partial charge in [-0.2, -0.15) is 0 Å². The quantitative estimate of drug-likeness (QED) is 0.641. The van der Waals surface area contributed by atoms with Gasteiger partial charge in [0.1, 0.15) is 5.00 Å². The second-order valence-corrected chi connectivity index (χ2v) is 9.73. The van der Waals surface area contributed by atoms with Gasteiger partial charge in [-0.3, -0.25) is 4.79 Å². The molecule has 6 heteroatoms. The molecule has 1 unspecified atom stereocenters. The highest BCUT2D eigenvalue weighted by Crippen LogP contribution is 2.41. The minimum absolute atomic E-state index is 0.0874. The van der Waals surface area contributed by atoms with E-state index in [4.69, 9.17) is 4.74 Å². The minimum atomic E-state index is -0.308. The van der Waals surface area contributed by atoms with Crippen LogP contribution >= 0.6 is 22.7 Å². The maximum absolute atomic E-state index is 13.1. The van der Waals surface area contributed by atoms with Crippen LogP contribution < -0.4 is 5.32 Å². The van der Waals surface area contributed by atoms with Crippen LogP contribution in [-0.4, -0.2) is 18.5 Å². The third-order valence-electron chi connectivity index (χ3n) is 5.96. The van der Waals surface area contributed by atoms with Crippen LogP contribution in [0.15, 0.2) is 5.38 Å². The molecule has 28 heavy (non-hydrogen) atoms. The topological polar surface area (TPSA) is 55.4 Å². The van der Waals surface area contributed by atoms with Crippen molar-refractivity contribution in [2.45, 2.75) is 65.2 Å². The maximum atomic E-state index is 13.1. The lowest BCUT2D eigenvalue weighted by molar-refractivity contribution is 0.0526. The van der Waals surface area contributed by atoms with Crippen LogP contribution in [0.5, 0.6) is 0 Å². The van der Waals surface area contributed by atoms with Crippen molar-refractivity contribution >= 4 is 39.6 Å². The predicted molar refractivity (Wildman–Crippen MR) is 115 cm³/mol. The molecule has 1 N–H and O–H groups in total. The molecule has 1 amide bonds. The van der Waals surface area contributed by atoms with Gasteiger partial charge < -0.3 is 10.1 Å². The Labute approximate surface area is 174 Å². The van der Waals surface area contributed by atoms with Crippen LogP contribution in [0.4, 0.5) is 5.00 Å². The van der Waals surface area contributed by atoms with Crippen LogP contribution in [0, 0.1) is 5.92 Å². The summed E-state index contributed by atoms with van der Waals surface area (Å²) in [7, 11) is 0. The zero-order valence-electron chi connectivity index (χ0n) is 16.6. The number of anilines is 1. The molecule has 0 radical (unpaired) electrons. The minimum Gasteiger partial charge on any atom is -0.462 e. The standard InChI is InChI=1S/C22H27NO3S2/c1-3-13-9-10-15-18(11-13)28-21(19(15)22(25)26-4-2)23-20(24)16-12-27-17-8-6-5-7-14(16)17/h12-13H,3-11H2,1-2H3,(H,23,24). The van der Waals surface area contributed by atoms with Crippen molar-refractivity contribution in [3.63, 3.8) is 0 Å². The largest absolute Gasteiger partial charge is 0.462 e. The fourth-order valence-electron chi connectivity index (χ4n) is 4.36. The van der Waals surface area contributed by atoms with Gasteiger partial charge in [-0.1, -0.05) is 13.3 Å². The number of aryl methyl sites for hydroxylation is 1. The average molecular weight is 418 g/mol. The average Bonchev–Trinajstić information content (AvgIpc) is 3.28. The monoisotopic (exact) mass is 417 g/mol. The first-order valence-corrected chi connectivity index (χ1v) is 12.0. The molecule has 0 saturated heterocycles. The number of hydrogen-bond acceptors (Lipinski definition) is 5. The summed E-state index contributed by atoms with van der Waals surface area (Å²) in [5.74, 6) is 0.266. The molecule has 0 bridgehead atoms. The van der Waals surface area contributed by atoms with Gasteiger partial charge in [0, 0.05) is 15.1 Å². The Hall–Kier alpha value is -1.66. The number of esters is 1. The van der Waals surface area contributed by atoms with Gasteiger partial charge in [-0.15, -0.1) is 22.7 Å². The van der Waals surface area contributed by atoms with Crippen molar-refractivity contribution in [1.29, 1.82) is 0 Å². The van der Waals surface area contributed by atoms with E-state index in [1.165, 1.54) is 21.7 Å². The summed E-state index contributed by atoms with van der Waals surface area (Å²) >= 11 is 3.26. The third-order valence-corrected chi connectivity index (χ3v) is 8.22. The van der Waals surface area contributed by atoms with E-state index >= 15 is 0 Å². The van der Waals surface area contributed by atoms with Gasteiger partial charge in [0.25, 0.3) is 5.91 Å². The lowest BCUT2D eigenvalue weighted by Gasteiger charge is -2.20. The van der Waals surface area contributed by atoms with Crippen molar-refractivity contribution in [2.75, 3.05) is 11.9 Å². The first kappa shape index (κ1) is 19.6. The van der Waals surface area contributed by atoms with Crippen molar-refractivity contribution in [2.24, 2.45) is 5.92 Å². The van der Waals surface area contributed by atoms with Crippen molar-refractivity contribution in [3.8, 4) is 0 Å². The molecule has 0 aliphatic heterocycles. The van der Waals surface area contributed by atoms with Gasteiger partial charge >= 0.3 is 5.97 Å². The van der Waals surface area contributed by atoms with Crippen molar-refractivity contribution < 1.29 is 14.3 Å². The van der Waals surface area contributed by atoms with E-state index in [1.54, 1.807) is 22.7 Å². The molecular formula is C22H27NO3S2. The van der Waals surface area contributed by atoms with Gasteiger partial charge in [0.15, 0.2) is 0 Å².